The molecule has 0 radical (unpaired) electrons. The first-order valence-electron chi connectivity index (χ1n) is 8.98. The van der Waals surface area contributed by atoms with Crippen LogP contribution in [0.2, 0.25) is 0 Å². The smallest absolute Gasteiger partial charge is 0.333 e. The summed E-state index contributed by atoms with van der Waals surface area (Å²) >= 11 is 0. The lowest BCUT2D eigenvalue weighted by Gasteiger charge is -2.17. The fraction of sp³-hybridized carbons (Fsp3) is 0.500. The summed E-state index contributed by atoms with van der Waals surface area (Å²) in [5, 5.41) is 0. The molecule has 0 aliphatic rings. The van der Waals surface area contributed by atoms with Gasteiger partial charge in [0.25, 0.3) is 0 Å². The Morgan fingerprint density at radius 1 is 1.16 bits per heavy atom. The zero-order valence-electron chi connectivity index (χ0n) is 16.8. The number of carbonyl (C=O) groups is 1. The van der Waals surface area contributed by atoms with Crippen LogP contribution in [0, 0.1) is 5.41 Å². The van der Waals surface area contributed by atoms with E-state index in [2.05, 4.69) is 82.5 Å². The van der Waals surface area contributed by atoms with Gasteiger partial charge in [-0.25, -0.2) is 4.79 Å². The van der Waals surface area contributed by atoms with E-state index in [9.17, 15) is 4.79 Å². The van der Waals surface area contributed by atoms with E-state index in [1.54, 1.807) is 6.92 Å². The van der Waals surface area contributed by atoms with E-state index in [1.807, 2.05) is 6.07 Å². The summed E-state index contributed by atoms with van der Waals surface area (Å²) in [4.78, 5) is 13.2. The van der Waals surface area contributed by atoms with Gasteiger partial charge in [-0.2, -0.15) is 0 Å². The Hall–Kier alpha value is -1.87. The predicted molar refractivity (Wildman–Crippen MR) is 108 cm³/mol. The maximum atomic E-state index is 11.0. The second-order valence-electron chi connectivity index (χ2n) is 7.05. The molecule has 0 amide bonds. The third-order valence-corrected chi connectivity index (χ3v) is 3.46. The molecule has 1 aromatic rings. The summed E-state index contributed by atoms with van der Waals surface area (Å²) in [6, 6.07) is 10.4. The highest BCUT2D eigenvalue weighted by atomic mass is 16.5. The van der Waals surface area contributed by atoms with Gasteiger partial charge >= 0.3 is 5.97 Å². The van der Waals surface area contributed by atoms with E-state index in [0.717, 1.165) is 19.6 Å². The van der Waals surface area contributed by atoms with Crippen LogP contribution in [-0.4, -0.2) is 37.1 Å². The number of benzene rings is 1. The van der Waals surface area contributed by atoms with Gasteiger partial charge < -0.3 is 9.64 Å². The number of ether oxygens (including phenoxy) is 1. The molecule has 0 aliphatic carbocycles. The van der Waals surface area contributed by atoms with Crippen LogP contribution in [0.5, 0.6) is 0 Å². The molecule has 0 unspecified atom stereocenters. The number of esters is 1. The second-order valence-corrected chi connectivity index (χ2v) is 7.05. The fourth-order valence-electron chi connectivity index (χ4n) is 1.84. The molecule has 0 saturated carbocycles. The number of nitrogens with zero attached hydrogens (tertiary/aromatic N) is 1. The summed E-state index contributed by atoms with van der Waals surface area (Å²) in [6.07, 6.45) is 4.39. The minimum Gasteiger partial charge on any atom is -0.461 e. The number of hydrogen-bond acceptors (Lipinski definition) is 3. The fourth-order valence-corrected chi connectivity index (χ4v) is 1.84. The summed E-state index contributed by atoms with van der Waals surface area (Å²) in [5.41, 5.74) is 2.00. The topological polar surface area (TPSA) is 29.5 Å². The van der Waals surface area contributed by atoms with Gasteiger partial charge in [-0.3, -0.25) is 0 Å². The van der Waals surface area contributed by atoms with Crippen molar-refractivity contribution in [2.24, 2.45) is 5.41 Å². The van der Waals surface area contributed by atoms with Crippen LogP contribution in [0.15, 0.2) is 48.6 Å². The van der Waals surface area contributed by atoms with Gasteiger partial charge in [0.1, 0.15) is 6.61 Å². The van der Waals surface area contributed by atoms with E-state index < -0.39 is 0 Å². The lowest BCUT2D eigenvalue weighted by Crippen LogP contribution is -2.27. The molecule has 0 spiro atoms. The van der Waals surface area contributed by atoms with Crippen LogP contribution in [0.3, 0.4) is 0 Å². The average Bonchev–Trinajstić information content (AvgIpc) is 2.57. The molecule has 0 aliphatic heterocycles. The number of likely N-dealkylation sites (N-methyl/N-ethyl adjacent to an activating group) is 1. The molecule has 1 rings (SSSR count). The molecule has 25 heavy (non-hydrogen) atoms. The molecule has 0 saturated heterocycles. The SMILES string of the molecule is C=C(C)C(=O)OCCN(CC)CC.CC(C)(C)C=Cc1ccccc1. The normalized spacial score (nSPS) is 11.2. The summed E-state index contributed by atoms with van der Waals surface area (Å²) in [5.74, 6) is -0.299. The molecule has 140 valence electrons. The van der Waals surface area contributed by atoms with E-state index in [-0.39, 0.29) is 11.4 Å². The van der Waals surface area contributed by atoms with Crippen molar-refractivity contribution >= 4 is 12.0 Å². The number of allylic oxidation sites excluding steroid dienone is 1. The molecule has 0 bridgehead atoms. The van der Waals surface area contributed by atoms with Crippen molar-refractivity contribution in [3.8, 4) is 0 Å². The molecule has 0 N–H and O–H groups in total. The zero-order chi connectivity index (χ0) is 19.3. The van der Waals surface area contributed by atoms with E-state index in [1.165, 1.54) is 5.56 Å². The van der Waals surface area contributed by atoms with Crippen LogP contribution in [0.4, 0.5) is 0 Å². The van der Waals surface area contributed by atoms with E-state index in [0.29, 0.717) is 12.2 Å². The molecule has 3 heteroatoms. The number of hydrogen-bond donors (Lipinski definition) is 0. The van der Waals surface area contributed by atoms with Crippen molar-refractivity contribution in [2.75, 3.05) is 26.2 Å². The molecule has 3 nitrogen and oxygen atoms in total. The third-order valence-electron chi connectivity index (χ3n) is 3.46. The van der Waals surface area contributed by atoms with Crippen molar-refractivity contribution in [3.63, 3.8) is 0 Å². The minimum absolute atomic E-state index is 0.274. The highest BCUT2D eigenvalue weighted by molar-refractivity contribution is 5.86. The van der Waals surface area contributed by atoms with Gasteiger partial charge in [0, 0.05) is 12.1 Å². The Morgan fingerprint density at radius 3 is 2.16 bits per heavy atom. The lowest BCUT2D eigenvalue weighted by atomic mass is 9.95. The monoisotopic (exact) mass is 345 g/mol. The Bertz CT molecular complexity index is 523. The van der Waals surface area contributed by atoms with Crippen LogP contribution in [-0.2, 0) is 9.53 Å². The van der Waals surface area contributed by atoms with Crippen molar-refractivity contribution < 1.29 is 9.53 Å². The molecule has 0 fully saturated rings. The summed E-state index contributed by atoms with van der Waals surface area (Å²) < 4.78 is 4.96. The second kappa shape index (κ2) is 12.5. The standard InChI is InChI=1S/C12H16.C10H19NO2/c1-12(2,3)10-9-11-7-5-4-6-8-11;1-5-11(6-2)7-8-13-10(12)9(3)4/h4-10H,1-3H3;3,5-8H2,1-2,4H3. The van der Waals surface area contributed by atoms with Crippen molar-refractivity contribution in [1.82, 2.24) is 4.90 Å². The Balaban J connectivity index is 0.000000462. The first kappa shape index (κ1) is 23.1. The zero-order valence-corrected chi connectivity index (χ0v) is 16.8. The first-order chi connectivity index (χ1) is 11.7. The van der Waals surface area contributed by atoms with E-state index in [4.69, 9.17) is 4.74 Å². The van der Waals surface area contributed by atoms with Gasteiger partial charge in [0.2, 0.25) is 0 Å². The molecule has 1 aromatic carbocycles. The predicted octanol–water partition coefficient (Wildman–Crippen LogP) is 5.19. The van der Waals surface area contributed by atoms with Crippen LogP contribution in [0.1, 0.15) is 47.1 Å². The van der Waals surface area contributed by atoms with Crippen molar-refractivity contribution in [1.29, 1.82) is 0 Å². The lowest BCUT2D eigenvalue weighted by molar-refractivity contribution is -0.139. The molecule has 0 aromatic heterocycles. The highest BCUT2D eigenvalue weighted by Gasteiger charge is 2.04. The maximum Gasteiger partial charge on any atom is 0.333 e. The van der Waals surface area contributed by atoms with Crippen LogP contribution in [0.25, 0.3) is 6.08 Å². The number of carbonyl (C=O) groups excluding carboxylic acids is 1. The minimum atomic E-state index is -0.299. The molecular formula is C22H35NO2. The van der Waals surface area contributed by atoms with Crippen molar-refractivity contribution in [3.05, 3.63) is 54.1 Å². The summed E-state index contributed by atoms with van der Waals surface area (Å²) in [6.45, 7) is 19.2. The van der Waals surface area contributed by atoms with Gasteiger partial charge in [0.05, 0.1) is 0 Å². The quantitative estimate of drug-likeness (QED) is 0.503. The largest absolute Gasteiger partial charge is 0.461 e. The average molecular weight is 346 g/mol. The Labute approximate surface area is 154 Å². The van der Waals surface area contributed by atoms with E-state index >= 15 is 0 Å². The molecule has 0 heterocycles. The molecule has 0 atom stereocenters. The van der Waals surface area contributed by atoms with Gasteiger partial charge in [0.15, 0.2) is 0 Å². The number of rotatable bonds is 7. The van der Waals surface area contributed by atoms with Crippen molar-refractivity contribution in [2.45, 2.75) is 41.5 Å². The summed E-state index contributed by atoms with van der Waals surface area (Å²) in [7, 11) is 0. The maximum absolute atomic E-state index is 11.0. The van der Waals surface area contributed by atoms with Crippen LogP contribution >= 0.6 is 0 Å². The van der Waals surface area contributed by atoms with Gasteiger partial charge in [-0.05, 0) is 31.0 Å². The Morgan fingerprint density at radius 2 is 1.72 bits per heavy atom. The highest BCUT2D eigenvalue weighted by Crippen LogP contribution is 2.16. The third kappa shape index (κ3) is 13.1. The van der Waals surface area contributed by atoms with Gasteiger partial charge in [-0.1, -0.05) is 83.7 Å². The molecular weight excluding hydrogens is 310 g/mol. The first-order valence-corrected chi connectivity index (χ1v) is 8.98. The van der Waals surface area contributed by atoms with Crippen LogP contribution < -0.4 is 0 Å². The van der Waals surface area contributed by atoms with Gasteiger partial charge in [-0.15, -0.1) is 0 Å². The Kier molecular flexibility index (Phi) is 11.6.